The maximum Gasteiger partial charge on any atom is 0.203 e. The zero-order valence-electron chi connectivity index (χ0n) is 11.6. The van der Waals surface area contributed by atoms with Crippen molar-refractivity contribution in [3.63, 3.8) is 0 Å². The van der Waals surface area contributed by atoms with Gasteiger partial charge in [-0.2, -0.15) is 10.2 Å². The van der Waals surface area contributed by atoms with Gasteiger partial charge in [-0.25, -0.2) is 4.98 Å². The summed E-state index contributed by atoms with van der Waals surface area (Å²) in [5.41, 5.74) is 6.18. The molecule has 6 heteroatoms. The van der Waals surface area contributed by atoms with E-state index < -0.39 is 0 Å². The lowest BCUT2D eigenvalue weighted by molar-refractivity contribution is 0.687. The van der Waals surface area contributed by atoms with Gasteiger partial charge in [-0.05, 0) is 24.1 Å². The van der Waals surface area contributed by atoms with Crippen LogP contribution in [0.25, 0.3) is 0 Å². The SMILES string of the molecule is Cc1csc(NN=Cc2ccc(Cn3cccn3)cc2)n1. The molecular weight excluding hydrogens is 282 g/mol. The molecular formula is C15H15N5S. The van der Waals surface area contributed by atoms with Crippen LogP contribution in [0.4, 0.5) is 5.13 Å². The number of benzene rings is 1. The van der Waals surface area contributed by atoms with Gasteiger partial charge in [0, 0.05) is 17.8 Å². The van der Waals surface area contributed by atoms with Gasteiger partial charge in [-0.15, -0.1) is 11.3 Å². The zero-order valence-corrected chi connectivity index (χ0v) is 12.4. The van der Waals surface area contributed by atoms with E-state index in [-0.39, 0.29) is 0 Å². The molecule has 1 aromatic carbocycles. The van der Waals surface area contributed by atoms with E-state index in [2.05, 4.69) is 32.7 Å². The van der Waals surface area contributed by atoms with Gasteiger partial charge in [-0.3, -0.25) is 10.1 Å². The molecule has 2 heterocycles. The molecule has 3 aromatic rings. The standard InChI is InChI=1S/C15H15N5S/c1-12-11-21-15(18-12)19-16-9-13-3-5-14(6-4-13)10-20-8-2-7-17-20/h2-9,11H,10H2,1H3,(H,18,19). The van der Waals surface area contributed by atoms with Gasteiger partial charge in [0.05, 0.1) is 18.5 Å². The maximum absolute atomic E-state index is 4.28. The highest BCUT2D eigenvalue weighted by molar-refractivity contribution is 7.13. The number of aryl methyl sites for hydroxylation is 1. The molecule has 0 bridgehead atoms. The van der Waals surface area contributed by atoms with E-state index >= 15 is 0 Å². The molecule has 5 nitrogen and oxygen atoms in total. The molecule has 3 rings (SSSR count). The second-order valence-electron chi connectivity index (χ2n) is 4.61. The fourth-order valence-electron chi connectivity index (χ4n) is 1.86. The van der Waals surface area contributed by atoms with E-state index in [0.717, 1.165) is 22.9 Å². The van der Waals surface area contributed by atoms with Crippen molar-refractivity contribution in [1.82, 2.24) is 14.8 Å². The van der Waals surface area contributed by atoms with Gasteiger partial charge in [-0.1, -0.05) is 24.3 Å². The molecule has 0 atom stereocenters. The summed E-state index contributed by atoms with van der Waals surface area (Å²) in [6, 6.07) is 10.2. The molecule has 1 N–H and O–H groups in total. The van der Waals surface area contributed by atoms with Crippen LogP contribution in [-0.2, 0) is 6.54 Å². The van der Waals surface area contributed by atoms with Crippen molar-refractivity contribution in [3.8, 4) is 0 Å². The molecule has 0 fully saturated rings. The molecule has 0 amide bonds. The average molecular weight is 297 g/mol. The smallest absolute Gasteiger partial charge is 0.203 e. The maximum atomic E-state index is 4.28. The number of anilines is 1. The van der Waals surface area contributed by atoms with E-state index in [1.165, 1.54) is 5.56 Å². The normalized spacial score (nSPS) is 11.1. The number of hydrogen-bond acceptors (Lipinski definition) is 5. The lowest BCUT2D eigenvalue weighted by Crippen LogP contribution is -1.99. The van der Waals surface area contributed by atoms with Crippen molar-refractivity contribution in [1.29, 1.82) is 0 Å². The Morgan fingerprint density at radius 2 is 2.19 bits per heavy atom. The van der Waals surface area contributed by atoms with Crippen LogP contribution in [-0.4, -0.2) is 21.0 Å². The summed E-state index contributed by atoms with van der Waals surface area (Å²) in [6.45, 7) is 2.74. The third kappa shape index (κ3) is 3.76. The van der Waals surface area contributed by atoms with Crippen LogP contribution in [0.1, 0.15) is 16.8 Å². The molecule has 0 spiro atoms. The van der Waals surface area contributed by atoms with Gasteiger partial charge in [0.15, 0.2) is 0 Å². The highest BCUT2D eigenvalue weighted by Crippen LogP contribution is 2.14. The molecule has 0 radical (unpaired) electrons. The van der Waals surface area contributed by atoms with Crippen molar-refractivity contribution in [2.75, 3.05) is 5.43 Å². The van der Waals surface area contributed by atoms with Crippen LogP contribution in [0.3, 0.4) is 0 Å². The summed E-state index contributed by atoms with van der Waals surface area (Å²) < 4.78 is 1.90. The second-order valence-corrected chi connectivity index (χ2v) is 5.47. The first-order valence-corrected chi connectivity index (χ1v) is 7.45. The van der Waals surface area contributed by atoms with Crippen molar-refractivity contribution in [2.24, 2.45) is 5.10 Å². The highest BCUT2D eigenvalue weighted by atomic mass is 32.1. The summed E-state index contributed by atoms with van der Waals surface area (Å²) in [6.07, 6.45) is 5.52. The Balaban J connectivity index is 1.59. The largest absolute Gasteiger partial charge is 0.268 e. The summed E-state index contributed by atoms with van der Waals surface area (Å²) >= 11 is 1.54. The van der Waals surface area contributed by atoms with E-state index in [9.17, 15) is 0 Å². The van der Waals surface area contributed by atoms with Gasteiger partial charge >= 0.3 is 0 Å². The minimum Gasteiger partial charge on any atom is -0.268 e. The Morgan fingerprint density at radius 3 is 2.86 bits per heavy atom. The number of nitrogens with zero attached hydrogens (tertiary/aromatic N) is 4. The quantitative estimate of drug-likeness (QED) is 0.581. The lowest BCUT2D eigenvalue weighted by atomic mass is 10.1. The molecule has 0 unspecified atom stereocenters. The first-order chi connectivity index (χ1) is 10.3. The second kappa shape index (κ2) is 6.32. The molecule has 0 aliphatic rings. The predicted molar refractivity (Wildman–Crippen MR) is 85.8 cm³/mol. The average Bonchev–Trinajstić information content (AvgIpc) is 3.13. The minimum atomic E-state index is 0.779. The van der Waals surface area contributed by atoms with Gasteiger partial charge < -0.3 is 0 Å². The van der Waals surface area contributed by atoms with Gasteiger partial charge in [0.25, 0.3) is 0 Å². The fraction of sp³-hybridized carbons (Fsp3) is 0.133. The first-order valence-electron chi connectivity index (χ1n) is 6.57. The third-order valence-corrected chi connectivity index (χ3v) is 3.74. The molecule has 2 aromatic heterocycles. The van der Waals surface area contributed by atoms with Gasteiger partial charge in [0.1, 0.15) is 0 Å². The van der Waals surface area contributed by atoms with Crippen molar-refractivity contribution in [2.45, 2.75) is 13.5 Å². The number of hydrogen-bond donors (Lipinski definition) is 1. The van der Waals surface area contributed by atoms with Crippen LogP contribution < -0.4 is 5.43 Å². The molecule has 21 heavy (non-hydrogen) atoms. The number of hydrazone groups is 1. The summed E-state index contributed by atoms with van der Waals surface area (Å²) in [5, 5.41) is 11.2. The number of thiazole rings is 1. The Morgan fingerprint density at radius 1 is 1.33 bits per heavy atom. The van der Waals surface area contributed by atoms with Crippen molar-refractivity contribution < 1.29 is 0 Å². The summed E-state index contributed by atoms with van der Waals surface area (Å²) in [7, 11) is 0. The monoisotopic (exact) mass is 297 g/mol. The van der Waals surface area contributed by atoms with E-state index in [1.54, 1.807) is 23.7 Å². The number of nitrogens with one attached hydrogen (secondary N) is 1. The van der Waals surface area contributed by atoms with Crippen LogP contribution in [0, 0.1) is 6.92 Å². The molecule has 0 saturated heterocycles. The number of aromatic nitrogens is 3. The molecule has 0 aliphatic carbocycles. The third-order valence-electron chi connectivity index (χ3n) is 2.88. The summed E-state index contributed by atoms with van der Waals surface area (Å²) in [4.78, 5) is 4.28. The highest BCUT2D eigenvalue weighted by Gasteiger charge is 1.96. The lowest BCUT2D eigenvalue weighted by Gasteiger charge is -2.02. The van der Waals surface area contributed by atoms with Crippen LogP contribution in [0.5, 0.6) is 0 Å². The van der Waals surface area contributed by atoms with Crippen molar-refractivity contribution >= 4 is 22.7 Å². The summed E-state index contributed by atoms with van der Waals surface area (Å²) in [5.74, 6) is 0. The Kier molecular flexibility index (Phi) is 4.07. The zero-order chi connectivity index (χ0) is 14.5. The molecule has 106 valence electrons. The Bertz CT molecular complexity index is 713. The van der Waals surface area contributed by atoms with Crippen molar-refractivity contribution in [3.05, 3.63) is 64.9 Å². The topological polar surface area (TPSA) is 55.1 Å². The fourth-order valence-corrected chi connectivity index (χ4v) is 2.49. The Labute approximate surface area is 127 Å². The first kappa shape index (κ1) is 13.5. The molecule has 0 aliphatic heterocycles. The minimum absolute atomic E-state index is 0.779. The van der Waals surface area contributed by atoms with E-state index in [0.29, 0.717) is 0 Å². The number of rotatable bonds is 5. The van der Waals surface area contributed by atoms with E-state index in [1.807, 2.05) is 41.4 Å². The van der Waals surface area contributed by atoms with Crippen LogP contribution >= 0.6 is 11.3 Å². The Hall–Kier alpha value is -2.47. The molecule has 0 saturated carbocycles. The van der Waals surface area contributed by atoms with Crippen LogP contribution in [0.15, 0.2) is 53.2 Å². The predicted octanol–water partition coefficient (Wildman–Crippen LogP) is 3.14. The van der Waals surface area contributed by atoms with E-state index in [4.69, 9.17) is 0 Å². The van der Waals surface area contributed by atoms with Crippen LogP contribution in [0.2, 0.25) is 0 Å². The van der Waals surface area contributed by atoms with Gasteiger partial charge in [0.2, 0.25) is 5.13 Å².